The average Bonchev–Trinajstić information content (AvgIpc) is 2.29. The van der Waals surface area contributed by atoms with E-state index in [-0.39, 0.29) is 5.75 Å². The number of phenols is 1. The molecule has 0 fully saturated rings. The maximum absolute atomic E-state index is 11.0. The molecule has 4 nitrogen and oxygen atoms in total. The van der Waals surface area contributed by atoms with Crippen LogP contribution in [0.15, 0.2) is 36.4 Å². The highest BCUT2D eigenvalue weighted by atomic mass is 16.3. The molecule has 0 bridgehead atoms. The van der Waals surface area contributed by atoms with Crippen molar-refractivity contribution in [2.75, 3.05) is 11.9 Å². The molecule has 0 heterocycles. The van der Waals surface area contributed by atoms with E-state index in [4.69, 9.17) is 5.11 Å². The molecule has 0 aliphatic rings. The lowest BCUT2D eigenvalue weighted by Crippen LogP contribution is -2.15. The molecule has 0 saturated heterocycles. The van der Waals surface area contributed by atoms with E-state index in [1.165, 1.54) is 0 Å². The highest BCUT2D eigenvalue weighted by molar-refractivity contribution is 5.95. The van der Waals surface area contributed by atoms with E-state index < -0.39 is 12.5 Å². The Balaban J connectivity index is 2.37. The average molecular weight is 217 g/mol. The fourth-order valence-corrected chi connectivity index (χ4v) is 1.51. The first kappa shape index (κ1) is 10.4. The van der Waals surface area contributed by atoms with Crippen molar-refractivity contribution < 1.29 is 15.0 Å². The van der Waals surface area contributed by atoms with Crippen molar-refractivity contribution in [3.05, 3.63) is 36.4 Å². The van der Waals surface area contributed by atoms with E-state index >= 15 is 0 Å². The third-order valence-electron chi connectivity index (χ3n) is 2.25. The van der Waals surface area contributed by atoms with Crippen molar-refractivity contribution in [1.82, 2.24) is 0 Å². The van der Waals surface area contributed by atoms with Gasteiger partial charge < -0.3 is 15.5 Å². The number of aliphatic hydroxyl groups is 1. The van der Waals surface area contributed by atoms with E-state index in [0.717, 1.165) is 10.8 Å². The van der Waals surface area contributed by atoms with Crippen LogP contribution in [0.25, 0.3) is 10.8 Å². The maximum atomic E-state index is 11.0. The molecule has 82 valence electrons. The van der Waals surface area contributed by atoms with Gasteiger partial charge in [-0.15, -0.1) is 0 Å². The molecule has 3 N–H and O–H groups in total. The SMILES string of the molecule is O=C(CO)Nc1ccc2cc(O)ccc2c1. The number of hydrogen-bond donors (Lipinski definition) is 3. The molecule has 0 spiro atoms. The van der Waals surface area contributed by atoms with Crippen molar-refractivity contribution in [3.63, 3.8) is 0 Å². The second-order valence-electron chi connectivity index (χ2n) is 3.45. The molecule has 0 aliphatic heterocycles. The molecule has 0 atom stereocenters. The molecule has 0 aliphatic carbocycles. The van der Waals surface area contributed by atoms with Gasteiger partial charge >= 0.3 is 0 Å². The zero-order valence-corrected chi connectivity index (χ0v) is 8.47. The first-order valence-corrected chi connectivity index (χ1v) is 4.82. The Bertz CT molecular complexity index is 537. The van der Waals surface area contributed by atoms with Gasteiger partial charge in [-0.3, -0.25) is 4.79 Å². The Morgan fingerprint density at radius 2 is 1.81 bits per heavy atom. The van der Waals surface area contributed by atoms with Gasteiger partial charge in [-0.05, 0) is 35.0 Å². The molecular formula is C12H11NO3. The van der Waals surface area contributed by atoms with E-state index in [1.807, 2.05) is 0 Å². The van der Waals surface area contributed by atoms with Crippen LogP contribution in [0, 0.1) is 0 Å². The Morgan fingerprint density at radius 3 is 2.56 bits per heavy atom. The van der Waals surface area contributed by atoms with E-state index in [9.17, 15) is 9.90 Å². The highest BCUT2D eigenvalue weighted by Gasteiger charge is 2.01. The molecule has 2 aromatic carbocycles. The summed E-state index contributed by atoms with van der Waals surface area (Å²) in [6.07, 6.45) is 0. The molecule has 0 saturated carbocycles. The minimum atomic E-state index is -0.534. The van der Waals surface area contributed by atoms with Crippen LogP contribution in [0.5, 0.6) is 5.75 Å². The Morgan fingerprint density at radius 1 is 1.12 bits per heavy atom. The summed E-state index contributed by atoms with van der Waals surface area (Å²) in [7, 11) is 0. The van der Waals surface area contributed by atoms with Crippen molar-refractivity contribution in [3.8, 4) is 5.75 Å². The normalized spacial score (nSPS) is 10.3. The number of benzene rings is 2. The monoisotopic (exact) mass is 217 g/mol. The number of phenolic OH excluding ortho intramolecular Hbond substituents is 1. The van der Waals surface area contributed by atoms with Crippen LogP contribution < -0.4 is 5.32 Å². The van der Waals surface area contributed by atoms with Crippen molar-refractivity contribution >= 4 is 22.4 Å². The van der Waals surface area contributed by atoms with Gasteiger partial charge in [-0.1, -0.05) is 12.1 Å². The summed E-state index contributed by atoms with van der Waals surface area (Å²) in [6.45, 7) is -0.534. The van der Waals surface area contributed by atoms with Gasteiger partial charge in [0, 0.05) is 5.69 Å². The fraction of sp³-hybridized carbons (Fsp3) is 0.0833. The quantitative estimate of drug-likeness (QED) is 0.713. The smallest absolute Gasteiger partial charge is 0.250 e. The summed E-state index contributed by atoms with van der Waals surface area (Å²) < 4.78 is 0. The summed E-state index contributed by atoms with van der Waals surface area (Å²) in [4.78, 5) is 11.0. The number of carbonyl (C=O) groups excluding carboxylic acids is 1. The molecule has 0 radical (unpaired) electrons. The number of fused-ring (bicyclic) bond motifs is 1. The van der Waals surface area contributed by atoms with Crippen LogP contribution in [-0.4, -0.2) is 22.7 Å². The van der Waals surface area contributed by atoms with Crippen molar-refractivity contribution in [1.29, 1.82) is 0 Å². The topological polar surface area (TPSA) is 69.6 Å². The van der Waals surface area contributed by atoms with Crippen LogP contribution in [0.4, 0.5) is 5.69 Å². The molecule has 1 amide bonds. The molecule has 0 aromatic heterocycles. The maximum Gasteiger partial charge on any atom is 0.250 e. The number of anilines is 1. The predicted octanol–water partition coefficient (Wildman–Crippen LogP) is 1.48. The van der Waals surface area contributed by atoms with Crippen LogP contribution in [-0.2, 0) is 4.79 Å². The first-order chi connectivity index (χ1) is 7.69. The number of hydrogen-bond acceptors (Lipinski definition) is 3. The predicted molar refractivity (Wildman–Crippen MR) is 61.3 cm³/mol. The lowest BCUT2D eigenvalue weighted by Gasteiger charge is -2.05. The van der Waals surface area contributed by atoms with Gasteiger partial charge in [-0.25, -0.2) is 0 Å². The second-order valence-corrected chi connectivity index (χ2v) is 3.45. The highest BCUT2D eigenvalue weighted by Crippen LogP contribution is 2.22. The summed E-state index contributed by atoms with van der Waals surface area (Å²) >= 11 is 0. The number of rotatable bonds is 2. The van der Waals surface area contributed by atoms with Crippen LogP contribution in [0.2, 0.25) is 0 Å². The zero-order valence-electron chi connectivity index (χ0n) is 8.47. The van der Waals surface area contributed by atoms with Crippen LogP contribution in [0.3, 0.4) is 0 Å². The van der Waals surface area contributed by atoms with Gasteiger partial charge in [0.1, 0.15) is 12.4 Å². The summed E-state index contributed by atoms with van der Waals surface area (Å²) in [5.41, 5.74) is 0.622. The molecule has 16 heavy (non-hydrogen) atoms. The van der Waals surface area contributed by atoms with Gasteiger partial charge in [0.15, 0.2) is 0 Å². The summed E-state index contributed by atoms with van der Waals surface area (Å²) in [5.74, 6) is -0.238. The lowest BCUT2D eigenvalue weighted by atomic mass is 10.1. The van der Waals surface area contributed by atoms with Gasteiger partial charge in [0.05, 0.1) is 0 Å². The third-order valence-corrected chi connectivity index (χ3v) is 2.25. The molecule has 2 aromatic rings. The lowest BCUT2D eigenvalue weighted by molar-refractivity contribution is -0.118. The second kappa shape index (κ2) is 4.20. The number of aliphatic hydroxyl groups excluding tert-OH is 1. The van der Waals surface area contributed by atoms with Gasteiger partial charge in [0.25, 0.3) is 0 Å². The van der Waals surface area contributed by atoms with Crippen LogP contribution >= 0.6 is 0 Å². The van der Waals surface area contributed by atoms with Gasteiger partial charge in [-0.2, -0.15) is 0 Å². The Hall–Kier alpha value is -2.07. The Labute approximate surface area is 92.1 Å². The first-order valence-electron chi connectivity index (χ1n) is 4.82. The van der Waals surface area contributed by atoms with Crippen LogP contribution in [0.1, 0.15) is 0 Å². The Kier molecular flexibility index (Phi) is 2.74. The number of amides is 1. The fourth-order valence-electron chi connectivity index (χ4n) is 1.51. The largest absolute Gasteiger partial charge is 0.508 e. The van der Waals surface area contributed by atoms with E-state index in [1.54, 1.807) is 36.4 Å². The van der Waals surface area contributed by atoms with Gasteiger partial charge in [0.2, 0.25) is 5.91 Å². The van der Waals surface area contributed by atoms with Crippen molar-refractivity contribution in [2.45, 2.75) is 0 Å². The molecular weight excluding hydrogens is 206 g/mol. The molecule has 0 unspecified atom stereocenters. The minimum absolute atomic E-state index is 0.208. The minimum Gasteiger partial charge on any atom is -0.508 e. The molecule has 2 rings (SSSR count). The van der Waals surface area contributed by atoms with E-state index in [0.29, 0.717) is 5.69 Å². The standard InChI is InChI=1S/C12H11NO3/c14-7-12(16)13-10-3-1-9-6-11(15)4-2-8(9)5-10/h1-6,14-15H,7H2,(H,13,16). The van der Waals surface area contributed by atoms with E-state index in [2.05, 4.69) is 5.32 Å². The zero-order chi connectivity index (χ0) is 11.5. The summed E-state index contributed by atoms with van der Waals surface area (Å²) in [5, 5.41) is 22.2. The number of aromatic hydroxyl groups is 1. The van der Waals surface area contributed by atoms with Crippen molar-refractivity contribution in [2.24, 2.45) is 0 Å². The summed E-state index contributed by atoms with van der Waals surface area (Å²) in [6, 6.07) is 10.3. The number of carbonyl (C=O) groups is 1. The third kappa shape index (κ3) is 2.12. The number of nitrogens with one attached hydrogen (secondary N) is 1. The molecule has 4 heteroatoms.